The van der Waals surface area contributed by atoms with Gasteiger partial charge in [0, 0.05) is 197 Å². The van der Waals surface area contributed by atoms with E-state index >= 15 is 4.39 Å². The Balaban J connectivity index is 0.000000187. The minimum atomic E-state index is -0.430. The molecule has 4 saturated heterocycles. The molecule has 0 radical (unpaired) electrons. The third kappa shape index (κ3) is 22.3. The summed E-state index contributed by atoms with van der Waals surface area (Å²) < 4.78 is 50.1. The van der Waals surface area contributed by atoms with Gasteiger partial charge >= 0.3 is 6.09 Å². The molecule has 4 fully saturated rings. The third-order valence-electron chi connectivity index (χ3n) is 21.5. The average molecular weight is 1610 g/mol. The summed E-state index contributed by atoms with van der Waals surface area (Å²) in [6, 6.07) is 38.6. The van der Waals surface area contributed by atoms with E-state index < -0.39 is 11.4 Å². The van der Waals surface area contributed by atoms with Crippen molar-refractivity contribution in [2.24, 2.45) is 0 Å². The zero-order valence-electron chi connectivity index (χ0n) is 69.0. The van der Waals surface area contributed by atoms with Gasteiger partial charge in [0.15, 0.2) is 11.3 Å². The fourth-order valence-electron chi connectivity index (χ4n) is 15.2. The molecule has 6 aromatic carbocycles. The number of hydrogen-bond acceptors (Lipinski definition) is 18. The van der Waals surface area contributed by atoms with Gasteiger partial charge in [0.05, 0.1) is 34.5 Å². The largest absolute Gasteiger partial charge is 0.444 e. The summed E-state index contributed by atoms with van der Waals surface area (Å²) in [7, 11) is 0. The molecule has 0 bridgehead atoms. The van der Waals surface area contributed by atoms with Crippen LogP contribution in [-0.4, -0.2) is 171 Å². The number of aromatic nitrogens is 6. The van der Waals surface area contributed by atoms with Gasteiger partial charge in [0.2, 0.25) is 0 Å². The fraction of sp³-hybridized carbons (Fsp3) is 0.407. The Hall–Kier alpha value is -11.4. The van der Waals surface area contributed by atoms with Crippen LogP contribution >= 0.6 is 0 Å². The van der Waals surface area contributed by atoms with Crippen molar-refractivity contribution in [3.8, 4) is 22.3 Å². The van der Waals surface area contributed by atoms with Gasteiger partial charge in [-0.3, -0.25) is 28.9 Å². The average Bonchev–Trinajstić information content (AvgIpc) is 1.60. The number of halogens is 2. The molecular formula is C91H110F2N16O9. The quantitative estimate of drug-likeness (QED) is 0.0247. The number of aryl methyl sites for hydroxylation is 4. The number of anilines is 2. The van der Waals surface area contributed by atoms with Crippen molar-refractivity contribution in [3.63, 3.8) is 0 Å². The zero-order valence-corrected chi connectivity index (χ0v) is 69.0. The van der Waals surface area contributed by atoms with E-state index in [9.17, 15) is 33.2 Å². The molecule has 4 aliphatic rings. The predicted octanol–water partition coefficient (Wildman–Crippen LogP) is 13.4. The number of ether oxygens (including phenoxy) is 3. The van der Waals surface area contributed by atoms with Gasteiger partial charge < -0.3 is 61.6 Å². The fourth-order valence-corrected chi connectivity index (χ4v) is 15.2. The number of nitrogens with one attached hydrogen (secondary N) is 8. The number of piperazine rings is 2. The van der Waals surface area contributed by atoms with Gasteiger partial charge in [-0.1, -0.05) is 74.5 Å². The van der Waals surface area contributed by atoms with Gasteiger partial charge in [0.1, 0.15) is 23.5 Å². The summed E-state index contributed by atoms with van der Waals surface area (Å²) in [6.45, 7) is 29.2. The molecule has 4 aromatic heterocycles. The summed E-state index contributed by atoms with van der Waals surface area (Å²) in [5, 5.41) is 37.1. The Labute approximate surface area is 688 Å². The van der Waals surface area contributed by atoms with Crippen LogP contribution in [0.15, 0.2) is 146 Å². The second kappa shape index (κ2) is 40.7. The molecule has 27 heteroatoms. The highest BCUT2D eigenvalue weighted by Gasteiger charge is 2.30. The monoisotopic (exact) mass is 1610 g/mol. The molecule has 4 aliphatic heterocycles. The van der Waals surface area contributed by atoms with Crippen LogP contribution in [0.25, 0.3) is 44.3 Å². The van der Waals surface area contributed by atoms with E-state index in [-0.39, 0.29) is 79.8 Å². The van der Waals surface area contributed by atoms with E-state index in [1.807, 2.05) is 88.4 Å². The maximum Gasteiger partial charge on any atom is 0.410 e. The number of carbonyl (C=O) groups excluding carboxylic acids is 6. The van der Waals surface area contributed by atoms with Crippen molar-refractivity contribution < 1.29 is 51.8 Å². The van der Waals surface area contributed by atoms with Crippen LogP contribution < -0.4 is 42.5 Å². The van der Waals surface area contributed by atoms with Crippen LogP contribution in [0, 0.1) is 11.6 Å². The number of benzene rings is 6. The van der Waals surface area contributed by atoms with Gasteiger partial charge in [-0.05, 0) is 188 Å². The molecular weight excluding hydrogens is 1500 g/mol. The van der Waals surface area contributed by atoms with Crippen molar-refractivity contribution in [2.45, 2.75) is 176 Å². The smallest absolute Gasteiger partial charge is 0.410 e. The minimum Gasteiger partial charge on any atom is -0.444 e. The second-order valence-corrected chi connectivity index (χ2v) is 31.3. The number of nitrogens with zero attached hydrogens (tertiary/aromatic N) is 8. The minimum absolute atomic E-state index is 0.142. The van der Waals surface area contributed by atoms with Crippen LogP contribution in [0.3, 0.4) is 0 Å². The Kier molecular flexibility index (Phi) is 29.6. The maximum absolute atomic E-state index is 15.1. The first-order valence-electron chi connectivity index (χ1n) is 41.2. The van der Waals surface area contributed by atoms with Crippen molar-refractivity contribution >= 4 is 69.4 Å². The Bertz CT molecular complexity index is 5190. The van der Waals surface area contributed by atoms with Crippen LogP contribution in [0.1, 0.15) is 179 Å². The normalized spacial score (nSPS) is 16.0. The van der Waals surface area contributed by atoms with Crippen molar-refractivity contribution in [1.29, 1.82) is 0 Å². The van der Waals surface area contributed by atoms with Crippen molar-refractivity contribution in [1.82, 2.24) is 71.2 Å². The van der Waals surface area contributed by atoms with Gasteiger partial charge in [0.25, 0.3) is 23.6 Å². The lowest BCUT2D eigenvalue weighted by molar-refractivity contribution is 0.0140. The third-order valence-corrected chi connectivity index (χ3v) is 21.5. The van der Waals surface area contributed by atoms with Gasteiger partial charge in [-0.25, -0.2) is 32.9 Å². The number of aldehydes is 1. The molecule has 14 rings (SSSR count). The van der Waals surface area contributed by atoms with E-state index in [1.165, 1.54) is 12.1 Å². The number of hydrogen-bond donors (Lipinski definition) is 8. The standard InChI is InChI=1S/C43H51FN8O3.C38H39FN6O4.C10H20N2O2/c1-4-39-36(40(49-34-14-18-55-19-15-34)37-25-48-52(5-2)41(37)50-39)24-47-43(54)33-11-7-10-32(22-33)42(53)46-23-29-12-13-38(44)35(21-29)31-9-6-8-30(20-31)27-51-17-16-45-28(3)26-51;1-3-34-31(35(43-29-13-15-49-16-14-29)32-22-42-45(4-2)36(32)44-34)21-41-38(48)28-10-6-9-27(19-28)37(47)40-20-24-11-12-33(39)30(18-24)26-8-5-7-25(17-26)23-46;1-8-7-11-5-6-12(8)9(13)14-10(2,3)4/h6-13,20-22,25,28,34,45H,4-5,14-19,23-24,26-27H2,1-3H3,(H,46,53)(H,47,54)(H,49,50);5-12,17-19,22-23,29H,3-4,13-16,20-21H2,1-2H3,(H,40,47)(H,41,48)(H,43,44);8,11H,5-7H2,1-4H3/t28-;;8-/m1.1/s1. The van der Waals surface area contributed by atoms with E-state index in [2.05, 4.69) is 77.5 Å². The summed E-state index contributed by atoms with van der Waals surface area (Å²) in [5.74, 6) is -2.06. The number of fused-ring (bicyclic) bond motifs is 2. The molecule has 10 aromatic rings. The van der Waals surface area contributed by atoms with Crippen molar-refractivity contribution in [3.05, 3.63) is 225 Å². The summed E-state index contributed by atoms with van der Waals surface area (Å²) >= 11 is 0. The topological polar surface area (TPSA) is 294 Å². The van der Waals surface area contributed by atoms with Crippen LogP contribution in [0.5, 0.6) is 0 Å². The van der Waals surface area contributed by atoms with Crippen LogP contribution in [-0.2, 0) is 72.9 Å². The summed E-state index contributed by atoms with van der Waals surface area (Å²) in [6.07, 6.45) is 9.09. The number of carbonyl (C=O) groups is 6. The van der Waals surface area contributed by atoms with Crippen molar-refractivity contribution in [2.75, 3.05) is 76.3 Å². The first-order valence-corrected chi connectivity index (χ1v) is 41.2. The summed E-state index contributed by atoms with van der Waals surface area (Å²) in [4.78, 5) is 90.6. The Morgan fingerprint density at radius 2 is 1.03 bits per heavy atom. The van der Waals surface area contributed by atoms with E-state index in [0.717, 1.165) is 144 Å². The SMILES string of the molecule is CCc1nc2c(cnn2CC)c(NC2CCOCC2)c1CNC(=O)c1cccc(C(=O)NCc2ccc(F)c(-c3cccc(C=O)c3)c2)c1.CCc1nc2c(cnn2CC)c(NC2CCOCC2)c1CNC(=O)c1cccc(C(=O)NCc2ccc(F)c(-c3cccc(CN4CCN[C@H](C)C4)c3)c2)c1.C[C@@H]1CNCCN1C(=O)OC(C)(C)C. The number of rotatable bonds is 25. The highest BCUT2D eigenvalue weighted by atomic mass is 19.1. The lowest BCUT2D eigenvalue weighted by Gasteiger charge is -2.35. The Morgan fingerprint density at radius 1 is 0.559 bits per heavy atom. The number of pyridine rings is 2. The molecule has 0 aliphatic carbocycles. The maximum atomic E-state index is 15.1. The van der Waals surface area contributed by atoms with E-state index in [4.69, 9.17) is 24.2 Å². The molecule has 0 saturated carbocycles. The molecule has 2 atom stereocenters. The lowest BCUT2D eigenvalue weighted by atomic mass is 10.00. The molecule has 25 nitrogen and oxygen atoms in total. The Morgan fingerprint density at radius 3 is 1.47 bits per heavy atom. The molecule has 0 spiro atoms. The summed E-state index contributed by atoms with van der Waals surface area (Å²) in [5.41, 5.74) is 13.3. The lowest BCUT2D eigenvalue weighted by Crippen LogP contribution is -2.53. The van der Waals surface area contributed by atoms with Gasteiger partial charge in [-0.15, -0.1) is 0 Å². The highest BCUT2D eigenvalue weighted by Crippen LogP contribution is 2.35. The molecule has 8 N–H and O–H groups in total. The molecule has 0 unspecified atom stereocenters. The van der Waals surface area contributed by atoms with E-state index in [1.54, 1.807) is 102 Å². The zero-order chi connectivity index (χ0) is 83.4. The molecule has 8 heterocycles. The second-order valence-electron chi connectivity index (χ2n) is 31.3. The first kappa shape index (κ1) is 86.0. The molecule has 622 valence electrons. The van der Waals surface area contributed by atoms with E-state index in [0.29, 0.717) is 115 Å². The van der Waals surface area contributed by atoms with Gasteiger partial charge in [-0.2, -0.15) is 10.2 Å². The number of amides is 5. The molecule has 5 amide bonds. The first-order chi connectivity index (χ1) is 57.1. The van der Waals surface area contributed by atoms with Crippen LogP contribution in [0.4, 0.5) is 25.0 Å². The predicted molar refractivity (Wildman–Crippen MR) is 455 cm³/mol. The van der Waals surface area contributed by atoms with Crippen LogP contribution in [0.2, 0.25) is 0 Å². The highest BCUT2D eigenvalue weighted by molar-refractivity contribution is 6.01. The molecule has 118 heavy (non-hydrogen) atoms.